The minimum atomic E-state index is -0.982. The molecule has 0 saturated heterocycles. The molecule has 2 aliphatic carbocycles. The standard InChI is InChI=1S/C31H37N3O2S/c1-21-16-22-18-23(17-21)20-31(2,19-22)24-7-9-26(10-8-24)34(4)37-27-13-11-25(12-14-27)33(3)29-28(30(35)36)6-5-15-32-29/h5-15,21-23H,16-20H2,1-4H3,(H,35,36). The lowest BCUT2D eigenvalue weighted by Crippen LogP contribution is -2.38. The number of hydrogen-bond donors (Lipinski definition) is 1. The molecule has 0 aliphatic heterocycles. The van der Waals surface area contributed by atoms with Crippen LogP contribution in [0, 0.1) is 17.8 Å². The summed E-state index contributed by atoms with van der Waals surface area (Å²) in [6.07, 6.45) is 8.51. The quantitative estimate of drug-likeness (QED) is 0.324. The number of fused-ring (bicyclic) bond motifs is 2. The zero-order valence-corrected chi connectivity index (χ0v) is 23.0. The Morgan fingerprint density at radius 2 is 1.57 bits per heavy atom. The predicted octanol–water partition coefficient (Wildman–Crippen LogP) is 7.80. The van der Waals surface area contributed by atoms with E-state index in [1.165, 1.54) is 43.4 Å². The summed E-state index contributed by atoms with van der Waals surface area (Å²) < 4.78 is 2.20. The van der Waals surface area contributed by atoms with E-state index in [9.17, 15) is 9.90 Å². The van der Waals surface area contributed by atoms with Gasteiger partial charge in [-0.3, -0.25) is 0 Å². The van der Waals surface area contributed by atoms with Crippen molar-refractivity contribution in [3.05, 3.63) is 78.0 Å². The molecule has 194 valence electrons. The normalized spacial score (nSPS) is 24.9. The number of hydrogen-bond acceptors (Lipinski definition) is 5. The second-order valence-electron chi connectivity index (χ2n) is 11.4. The number of benzene rings is 2. The van der Waals surface area contributed by atoms with Crippen LogP contribution in [0.2, 0.25) is 0 Å². The molecule has 2 aliphatic rings. The molecular formula is C31H37N3O2S. The topological polar surface area (TPSA) is 56.7 Å². The third-order valence-corrected chi connectivity index (χ3v) is 9.31. The van der Waals surface area contributed by atoms with Gasteiger partial charge in [-0.25, -0.2) is 9.78 Å². The molecule has 0 radical (unpaired) electrons. The minimum absolute atomic E-state index is 0.187. The van der Waals surface area contributed by atoms with Crippen LogP contribution >= 0.6 is 11.9 Å². The molecule has 1 heterocycles. The van der Waals surface area contributed by atoms with Gasteiger partial charge in [0.15, 0.2) is 0 Å². The molecule has 0 amide bonds. The van der Waals surface area contributed by atoms with E-state index in [1.54, 1.807) is 35.2 Å². The molecule has 1 aromatic heterocycles. The molecule has 5 rings (SSSR count). The summed E-state index contributed by atoms with van der Waals surface area (Å²) in [5, 5.41) is 9.49. The van der Waals surface area contributed by atoms with E-state index >= 15 is 0 Å². The van der Waals surface area contributed by atoms with E-state index in [-0.39, 0.29) is 5.56 Å². The predicted molar refractivity (Wildman–Crippen MR) is 153 cm³/mol. The van der Waals surface area contributed by atoms with Crippen molar-refractivity contribution in [3.8, 4) is 0 Å². The average Bonchev–Trinajstić information content (AvgIpc) is 2.88. The third-order valence-electron chi connectivity index (χ3n) is 8.35. The zero-order valence-electron chi connectivity index (χ0n) is 22.2. The van der Waals surface area contributed by atoms with Crippen LogP contribution in [0.3, 0.4) is 0 Å². The lowest BCUT2D eigenvalue weighted by Gasteiger charge is -2.47. The van der Waals surface area contributed by atoms with Crippen LogP contribution in [0.4, 0.5) is 17.2 Å². The molecule has 0 spiro atoms. The number of pyridine rings is 1. The SMILES string of the molecule is CC1CC2CC(C1)CC(C)(c1ccc(N(C)Sc3ccc(N(C)c4ncccc4C(=O)O)cc3)cc1)C2. The Hall–Kier alpha value is -2.99. The van der Waals surface area contributed by atoms with Gasteiger partial charge in [0, 0.05) is 36.6 Å². The van der Waals surface area contributed by atoms with Gasteiger partial charge in [-0.05, 0) is 121 Å². The summed E-state index contributed by atoms with van der Waals surface area (Å²) in [7, 11) is 3.94. The van der Waals surface area contributed by atoms with Crippen molar-refractivity contribution < 1.29 is 9.90 Å². The smallest absolute Gasteiger partial charge is 0.339 e. The summed E-state index contributed by atoms with van der Waals surface area (Å²) in [6.45, 7) is 4.92. The molecule has 1 N–H and O–H groups in total. The Balaban J connectivity index is 1.24. The Labute approximate surface area is 225 Å². The van der Waals surface area contributed by atoms with E-state index in [4.69, 9.17) is 0 Å². The fourth-order valence-corrected chi connectivity index (χ4v) is 7.59. The van der Waals surface area contributed by atoms with Gasteiger partial charge >= 0.3 is 5.97 Å². The van der Waals surface area contributed by atoms with E-state index in [2.05, 4.69) is 66.6 Å². The van der Waals surface area contributed by atoms with Gasteiger partial charge in [-0.15, -0.1) is 0 Å². The number of anilines is 3. The summed E-state index contributed by atoms with van der Waals surface area (Å²) in [6, 6.07) is 20.6. The van der Waals surface area contributed by atoms with Crippen LogP contribution in [0.15, 0.2) is 71.8 Å². The fourth-order valence-electron chi connectivity index (χ4n) is 6.79. The van der Waals surface area contributed by atoms with Gasteiger partial charge in [-0.1, -0.05) is 26.0 Å². The Kier molecular flexibility index (Phi) is 7.21. The second kappa shape index (κ2) is 10.4. The van der Waals surface area contributed by atoms with Crippen molar-refractivity contribution in [1.29, 1.82) is 0 Å². The molecule has 3 aromatic rings. The van der Waals surface area contributed by atoms with Crippen LogP contribution in [0.25, 0.3) is 0 Å². The highest BCUT2D eigenvalue weighted by atomic mass is 32.2. The van der Waals surface area contributed by atoms with Crippen molar-refractivity contribution in [2.45, 2.75) is 56.3 Å². The molecule has 2 aromatic carbocycles. The maximum atomic E-state index is 11.6. The van der Waals surface area contributed by atoms with Gasteiger partial charge in [-0.2, -0.15) is 0 Å². The molecule has 2 bridgehead atoms. The summed E-state index contributed by atoms with van der Waals surface area (Å²) in [5.41, 5.74) is 4.04. The fraction of sp³-hybridized carbons (Fsp3) is 0.419. The molecule has 5 nitrogen and oxygen atoms in total. The first kappa shape index (κ1) is 25.7. The Morgan fingerprint density at radius 3 is 2.19 bits per heavy atom. The molecule has 2 fully saturated rings. The van der Waals surface area contributed by atoms with Gasteiger partial charge in [0.05, 0.1) is 0 Å². The number of aromatic nitrogens is 1. The molecule has 2 unspecified atom stereocenters. The Bertz CT molecular complexity index is 1230. The first-order valence-corrected chi connectivity index (χ1v) is 14.0. The van der Waals surface area contributed by atoms with Crippen LogP contribution in [0.1, 0.15) is 61.9 Å². The number of carboxylic acid groups (broad SMARTS) is 1. The van der Waals surface area contributed by atoms with Crippen molar-refractivity contribution in [2.75, 3.05) is 23.3 Å². The van der Waals surface area contributed by atoms with Crippen molar-refractivity contribution in [2.24, 2.45) is 17.8 Å². The maximum absolute atomic E-state index is 11.6. The van der Waals surface area contributed by atoms with Crippen LogP contribution in [-0.2, 0) is 5.41 Å². The summed E-state index contributed by atoms with van der Waals surface area (Å²) >= 11 is 1.68. The molecular weight excluding hydrogens is 478 g/mol. The third kappa shape index (κ3) is 5.49. The Morgan fingerprint density at radius 1 is 0.946 bits per heavy atom. The number of rotatable bonds is 7. The van der Waals surface area contributed by atoms with Gasteiger partial charge in [0.25, 0.3) is 0 Å². The van der Waals surface area contributed by atoms with E-state index in [0.717, 1.165) is 28.3 Å². The number of carboxylic acids is 1. The average molecular weight is 516 g/mol. The van der Waals surface area contributed by atoms with E-state index in [1.807, 2.05) is 19.2 Å². The lowest BCUT2D eigenvalue weighted by molar-refractivity contribution is 0.0697. The minimum Gasteiger partial charge on any atom is -0.478 e. The first-order valence-electron chi connectivity index (χ1n) is 13.3. The monoisotopic (exact) mass is 515 g/mol. The number of aromatic carboxylic acids is 1. The van der Waals surface area contributed by atoms with Crippen molar-refractivity contribution >= 4 is 35.1 Å². The summed E-state index contributed by atoms with van der Waals surface area (Å²) in [5.74, 6) is 2.12. The highest BCUT2D eigenvalue weighted by molar-refractivity contribution is 8.00. The van der Waals surface area contributed by atoms with Crippen LogP contribution in [-0.4, -0.2) is 30.2 Å². The molecule has 2 atom stereocenters. The van der Waals surface area contributed by atoms with Crippen molar-refractivity contribution in [3.63, 3.8) is 0 Å². The largest absolute Gasteiger partial charge is 0.478 e. The summed E-state index contributed by atoms with van der Waals surface area (Å²) in [4.78, 5) is 18.8. The highest BCUT2D eigenvalue weighted by Crippen LogP contribution is 2.51. The first-order chi connectivity index (χ1) is 17.7. The highest BCUT2D eigenvalue weighted by Gasteiger charge is 2.41. The second-order valence-corrected chi connectivity index (χ2v) is 12.6. The van der Waals surface area contributed by atoms with Gasteiger partial charge in [0.1, 0.15) is 11.4 Å². The van der Waals surface area contributed by atoms with Gasteiger partial charge < -0.3 is 14.3 Å². The lowest BCUT2D eigenvalue weighted by atomic mass is 9.57. The number of nitrogens with zero attached hydrogens (tertiary/aromatic N) is 3. The number of carbonyl (C=O) groups is 1. The maximum Gasteiger partial charge on any atom is 0.339 e. The molecule has 2 saturated carbocycles. The van der Waals surface area contributed by atoms with Gasteiger partial charge in [0.2, 0.25) is 0 Å². The zero-order chi connectivity index (χ0) is 26.2. The molecule has 6 heteroatoms. The van der Waals surface area contributed by atoms with E-state index < -0.39 is 5.97 Å². The molecule has 37 heavy (non-hydrogen) atoms. The van der Waals surface area contributed by atoms with Crippen LogP contribution < -0.4 is 9.21 Å². The van der Waals surface area contributed by atoms with Crippen LogP contribution in [0.5, 0.6) is 0 Å². The van der Waals surface area contributed by atoms with E-state index in [0.29, 0.717) is 11.2 Å². The van der Waals surface area contributed by atoms with Crippen molar-refractivity contribution in [1.82, 2.24) is 4.98 Å².